The Kier molecular flexibility index (Phi) is 6.85. The molecule has 3 amide bonds. The molecule has 0 unspecified atom stereocenters. The van der Waals surface area contributed by atoms with Gasteiger partial charge >= 0.3 is 6.03 Å². The van der Waals surface area contributed by atoms with Gasteiger partial charge in [-0.05, 0) is 80.9 Å². The zero-order chi connectivity index (χ0) is 22.0. The van der Waals surface area contributed by atoms with Crippen molar-refractivity contribution in [3.63, 3.8) is 0 Å². The lowest BCUT2D eigenvalue weighted by Crippen LogP contribution is -2.45. The number of carbonyl (C=O) groups excluding carboxylic acids is 2. The van der Waals surface area contributed by atoms with E-state index in [4.69, 9.17) is 0 Å². The van der Waals surface area contributed by atoms with Crippen LogP contribution in [-0.4, -0.2) is 71.1 Å². The van der Waals surface area contributed by atoms with E-state index in [1.807, 2.05) is 43.3 Å². The molecule has 6 heteroatoms. The molecule has 6 nitrogen and oxygen atoms in total. The molecule has 0 radical (unpaired) electrons. The van der Waals surface area contributed by atoms with Gasteiger partial charge in [-0.1, -0.05) is 12.1 Å². The number of carbonyl (C=O) groups is 2. The number of aliphatic hydroxyl groups is 1. The number of benzene rings is 1. The van der Waals surface area contributed by atoms with Gasteiger partial charge in [-0.25, -0.2) is 4.79 Å². The molecule has 1 aromatic carbocycles. The summed E-state index contributed by atoms with van der Waals surface area (Å²) in [6, 6.07) is 7.97. The lowest BCUT2D eigenvalue weighted by molar-refractivity contribution is 0.0739. The molecule has 2 aliphatic heterocycles. The molecule has 0 atom stereocenters. The van der Waals surface area contributed by atoms with Gasteiger partial charge in [0.25, 0.3) is 5.91 Å². The number of amides is 3. The maximum atomic E-state index is 13.0. The molecule has 1 aromatic rings. The number of nitrogens with zero attached hydrogens (tertiary/aromatic N) is 3. The summed E-state index contributed by atoms with van der Waals surface area (Å²) in [6.45, 7) is 2.32. The summed E-state index contributed by atoms with van der Waals surface area (Å²) in [4.78, 5) is 31.5. The number of hydrogen-bond donors (Lipinski definition) is 1. The monoisotopic (exact) mass is 427 g/mol. The van der Waals surface area contributed by atoms with Crippen molar-refractivity contribution in [2.45, 2.75) is 70.1 Å². The van der Waals surface area contributed by atoms with Gasteiger partial charge in [0, 0.05) is 45.3 Å². The molecule has 0 aromatic heterocycles. The van der Waals surface area contributed by atoms with E-state index in [1.165, 1.54) is 25.7 Å². The van der Waals surface area contributed by atoms with Crippen LogP contribution in [0.4, 0.5) is 4.79 Å². The van der Waals surface area contributed by atoms with Crippen LogP contribution in [0.25, 0.3) is 0 Å². The minimum Gasteiger partial charge on any atom is -0.393 e. The quantitative estimate of drug-likeness (QED) is 0.796. The summed E-state index contributed by atoms with van der Waals surface area (Å²) in [5.41, 5.74) is 1.77. The van der Waals surface area contributed by atoms with Crippen LogP contribution in [0.2, 0.25) is 0 Å². The van der Waals surface area contributed by atoms with Crippen LogP contribution < -0.4 is 0 Å². The maximum absolute atomic E-state index is 13.0. The van der Waals surface area contributed by atoms with E-state index in [0.29, 0.717) is 18.4 Å². The third kappa shape index (κ3) is 5.22. The van der Waals surface area contributed by atoms with E-state index in [9.17, 15) is 14.7 Å². The average molecular weight is 428 g/mol. The molecule has 4 fully saturated rings. The first-order valence-corrected chi connectivity index (χ1v) is 11.9. The van der Waals surface area contributed by atoms with Gasteiger partial charge in [-0.2, -0.15) is 0 Å². The van der Waals surface area contributed by atoms with Gasteiger partial charge in [-0.15, -0.1) is 0 Å². The molecule has 2 saturated carbocycles. The van der Waals surface area contributed by atoms with Gasteiger partial charge in [0.2, 0.25) is 0 Å². The number of rotatable bonds is 4. The highest BCUT2D eigenvalue weighted by Crippen LogP contribution is 2.34. The van der Waals surface area contributed by atoms with E-state index >= 15 is 0 Å². The zero-order valence-corrected chi connectivity index (χ0v) is 19.0. The van der Waals surface area contributed by atoms with E-state index in [2.05, 4.69) is 4.90 Å². The molecule has 5 rings (SSSR count). The van der Waals surface area contributed by atoms with Gasteiger partial charge in [0.05, 0.1) is 6.10 Å². The van der Waals surface area contributed by atoms with E-state index < -0.39 is 0 Å². The number of urea groups is 1. The van der Waals surface area contributed by atoms with E-state index in [1.54, 1.807) is 4.90 Å². The van der Waals surface area contributed by atoms with Crippen molar-refractivity contribution in [3.8, 4) is 0 Å². The Morgan fingerprint density at radius 2 is 1.45 bits per heavy atom. The molecule has 31 heavy (non-hydrogen) atoms. The highest BCUT2D eigenvalue weighted by atomic mass is 16.3. The Bertz CT molecular complexity index is 751. The fourth-order valence-electron chi connectivity index (χ4n) is 5.61. The van der Waals surface area contributed by atoms with E-state index in [-0.39, 0.29) is 24.1 Å². The number of aliphatic hydroxyl groups excluding tert-OH is 1. The third-order valence-electron chi connectivity index (χ3n) is 7.67. The Hall–Kier alpha value is -2.08. The zero-order valence-electron chi connectivity index (χ0n) is 19.0. The summed E-state index contributed by atoms with van der Waals surface area (Å²) in [5.74, 6) is 1.49. The summed E-state index contributed by atoms with van der Waals surface area (Å²) in [7, 11) is 3.68. The molecular formula is C25H37N3O3. The molecule has 170 valence electrons. The van der Waals surface area contributed by atoms with Crippen LogP contribution in [-0.2, 0) is 6.54 Å². The average Bonchev–Trinajstić information content (AvgIpc) is 3.13. The van der Waals surface area contributed by atoms with Crippen molar-refractivity contribution >= 4 is 11.9 Å². The molecule has 2 heterocycles. The minimum absolute atomic E-state index is 0.00147. The largest absolute Gasteiger partial charge is 0.393 e. The summed E-state index contributed by atoms with van der Waals surface area (Å²) in [5, 5.41) is 9.70. The van der Waals surface area contributed by atoms with Crippen molar-refractivity contribution in [2.24, 2.45) is 11.8 Å². The van der Waals surface area contributed by atoms with Crippen molar-refractivity contribution in [3.05, 3.63) is 35.4 Å². The maximum Gasteiger partial charge on any atom is 0.320 e. The van der Waals surface area contributed by atoms with Crippen molar-refractivity contribution in [1.82, 2.24) is 14.7 Å². The Balaban J connectivity index is 1.32. The first kappa shape index (κ1) is 22.1. The molecule has 2 bridgehead atoms. The van der Waals surface area contributed by atoms with Crippen molar-refractivity contribution < 1.29 is 14.7 Å². The van der Waals surface area contributed by atoms with Crippen molar-refractivity contribution in [1.29, 1.82) is 0 Å². The second-order valence-corrected chi connectivity index (χ2v) is 10.0. The highest BCUT2D eigenvalue weighted by molar-refractivity contribution is 5.94. The molecule has 0 spiro atoms. The molecule has 1 N–H and O–H groups in total. The highest BCUT2D eigenvalue weighted by Gasteiger charge is 2.32. The SMILES string of the molecule is CN(Cc1ccc(C(=O)N2CC3CCC(CC3)C2)cc1)C(=O)N(C)C1CCC(O)CC1. The van der Waals surface area contributed by atoms with Gasteiger partial charge < -0.3 is 19.8 Å². The fourth-order valence-corrected chi connectivity index (χ4v) is 5.61. The lowest BCUT2D eigenvalue weighted by atomic mass is 9.84. The molecule has 2 saturated heterocycles. The summed E-state index contributed by atoms with van der Waals surface area (Å²) >= 11 is 0. The smallest absolute Gasteiger partial charge is 0.320 e. The topological polar surface area (TPSA) is 64.1 Å². The predicted molar refractivity (Wildman–Crippen MR) is 121 cm³/mol. The third-order valence-corrected chi connectivity index (χ3v) is 7.67. The van der Waals surface area contributed by atoms with Gasteiger partial charge in [0.1, 0.15) is 0 Å². The van der Waals surface area contributed by atoms with Crippen LogP contribution in [0.3, 0.4) is 0 Å². The Morgan fingerprint density at radius 1 is 0.903 bits per heavy atom. The van der Waals surface area contributed by atoms with E-state index in [0.717, 1.165) is 49.9 Å². The molecule has 2 aliphatic carbocycles. The Labute approximate surface area is 186 Å². The lowest BCUT2D eigenvalue weighted by Gasteiger charge is -2.35. The van der Waals surface area contributed by atoms with Crippen molar-refractivity contribution in [2.75, 3.05) is 27.2 Å². The second kappa shape index (κ2) is 9.60. The second-order valence-electron chi connectivity index (χ2n) is 10.0. The standard InChI is InChI=1S/C25H37N3O3/c1-26(25(31)27(2)22-11-13-23(29)14-12-22)15-18-7-9-21(10-8-18)24(30)28-16-19-3-4-20(17-28)6-5-19/h7-10,19-20,22-23,29H,3-6,11-17H2,1-2H3. The van der Waals surface area contributed by atoms with Gasteiger partial charge in [0.15, 0.2) is 0 Å². The van der Waals surface area contributed by atoms with Crippen LogP contribution >= 0.6 is 0 Å². The predicted octanol–water partition coefficient (Wildman–Crippen LogP) is 3.74. The summed E-state index contributed by atoms with van der Waals surface area (Å²) in [6.07, 6.45) is 8.09. The number of fused-ring (bicyclic) bond motifs is 4. The van der Waals surface area contributed by atoms with Crippen LogP contribution in [0.1, 0.15) is 67.3 Å². The van der Waals surface area contributed by atoms with Gasteiger partial charge in [-0.3, -0.25) is 4.79 Å². The molecule has 4 aliphatic rings. The first-order valence-electron chi connectivity index (χ1n) is 11.9. The molecular weight excluding hydrogens is 390 g/mol. The fraction of sp³-hybridized carbons (Fsp3) is 0.680. The summed E-state index contributed by atoms with van der Waals surface area (Å²) < 4.78 is 0. The van der Waals surface area contributed by atoms with Crippen LogP contribution in [0.5, 0.6) is 0 Å². The van der Waals surface area contributed by atoms with Crippen LogP contribution in [0, 0.1) is 11.8 Å². The first-order chi connectivity index (χ1) is 14.9. The number of hydrogen-bond acceptors (Lipinski definition) is 3. The Morgan fingerprint density at radius 3 is 2.00 bits per heavy atom. The normalized spacial score (nSPS) is 28.2. The van der Waals surface area contributed by atoms with Crippen LogP contribution in [0.15, 0.2) is 24.3 Å². The minimum atomic E-state index is -0.219.